The largest absolute Gasteiger partial charge is 0.338 e. The third-order valence-corrected chi connectivity index (χ3v) is 9.51. The van der Waals surface area contributed by atoms with Crippen LogP contribution in [0.1, 0.15) is 37.1 Å². The van der Waals surface area contributed by atoms with E-state index in [1.54, 1.807) is 25.1 Å². The second-order valence-electron chi connectivity index (χ2n) is 9.67. The molecule has 1 unspecified atom stereocenters. The number of aromatic nitrogens is 2. The number of aryl methyl sites for hydroxylation is 1. The van der Waals surface area contributed by atoms with Crippen molar-refractivity contribution in [3.05, 3.63) is 58.4 Å². The Hall–Kier alpha value is -2.60. The lowest BCUT2D eigenvalue weighted by molar-refractivity contribution is -0.121. The molecule has 2 fully saturated rings. The van der Waals surface area contributed by atoms with Crippen LogP contribution < -0.4 is 5.32 Å². The van der Waals surface area contributed by atoms with Gasteiger partial charge in [0.1, 0.15) is 0 Å². The van der Waals surface area contributed by atoms with Crippen molar-refractivity contribution in [3.8, 4) is 11.4 Å². The minimum atomic E-state index is -3.57. The zero-order chi connectivity index (χ0) is 26.0. The van der Waals surface area contributed by atoms with E-state index in [9.17, 15) is 13.2 Å². The molecular weight excluding hydrogens is 558 g/mol. The van der Waals surface area contributed by atoms with Crippen LogP contribution in [0.15, 0.2) is 56.4 Å². The van der Waals surface area contributed by atoms with Gasteiger partial charge >= 0.3 is 0 Å². The van der Waals surface area contributed by atoms with Gasteiger partial charge in [-0.25, -0.2) is 8.42 Å². The van der Waals surface area contributed by atoms with Crippen LogP contribution in [0.4, 0.5) is 5.69 Å². The Balaban J connectivity index is 1.22. The number of carbonyl (C=O) groups is 1. The summed E-state index contributed by atoms with van der Waals surface area (Å²) in [6.07, 6.45) is 3.39. The van der Waals surface area contributed by atoms with E-state index in [1.807, 2.05) is 24.3 Å². The molecule has 2 aromatic carbocycles. The topological polar surface area (TPSA) is 109 Å². The fourth-order valence-corrected chi connectivity index (χ4v) is 6.94. The first kappa shape index (κ1) is 26.0. The number of benzene rings is 2. The van der Waals surface area contributed by atoms with E-state index in [0.29, 0.717) is 49.1 Å². The summed E-state index contributed by atoms with van der Waals surface area (Å²) < 4.78 is 34.2. The van der Waals surface area contributed by atoms with E-state index in [4.69, 9.17) is 4.52 Å². The molecule has 0 saturated carbocycles. The van der Waals surface area contributed by atoms with Crippen LogP contribution in [0.2, 0.25) is 0 Å². The van der Waals surface area contributed by atoms with Gasteiger partial charge in [0.2, 0.25) is 27.6 Å². The summed E-state index contributed by atoms with van der Waals surface area (Å²) in [4.78, 5) is 20.1. The van der Waals surface area contributed by atoms with Crippen LogP contribution in [0, 0.1) is 12.8 Å². The number of piperidine rings is 1. The quantitative estimate of drug-likeness (QED) is 0.435. The lowest BCUT2D eigenvalue weighted by Gasteiger charge is -2.30. The van der Waals surface area contributed by atoms with E-state index < -0.39 is 10.0 Å². The summed E-state index contributed by atoms with van der Waals surface area (Å²) in [5.74, 6) is 0.712. The number of hydrogen-bond acceptors (Lipinski definition) is 7. The van der Waals surface area contributed by atoms with Gasteiger partial charge in [-0.2, -0.15) is 9.29 Å². The number of amides is 1. The summed E-state index contributed by atoms with van der Waals surface area (Å²) in [7, 11) is -3.57. The molecular formula is C26H30BrN5O4S. The Morgan fingerprint density at radius 2 is 1.86 bits per heavy atom. The number of hydrogen-bond donors (Lipinski definition) is 1. The van der Waals surface area contributed by atoms with E-state index in [2.05, 4.69) is 36.3 Å². The van der Waals surface area contributed by atoms with Crippen LogP contribution >= 0.6 is 15.9 Å². The summed E-state index contributed by atoms with van der Waals surface area (Å²) >= 11 is 3.42. The second-order valence-corrected chi connectivity index (χ2v) is 12.5. The summed E-state index contributed by atoms with van der Waals surface area (Å²) in [5, 5.41) is 7.05. The molecule has 11 heteroatoms. The maximum Gasteiger partial charge on any atom is 0.243 e. The Morgan fingerprint density at radius 3 is 2.62 bits per heavy atom. The Bertz CT molecular complexity index is 1370. The maximum absolute atomic E-state index is 13.1. The first-order chi connectivity index (χ1) is 17.8. The van der Waals surface area contributed by atoms with Crippen LogP contribution in [0.25, 0.3) is 11.4 Å². The number of anilines is 1. The SMILES string of the molecule is Cc1ccc(NC(=O)C2CCCN(Cc3nc(-c4ccc(Br)cc4)no3)C2)cc1S(=O)(=O)N1CCCC1. The molecule has 3 heterocycles. The molecule has 2 aliphatic rings. The normalized spacial score (nSPS) is 19.2. The minimum absolute atomic E-state index is 0.112. The molecule has 37 heavy (non-hydrogen) atoms. The van der Waals surface area contributed by atoms with Crippen LogP contribution in [0.3, 0.4) is 0 Å². The third-order valence-electron chi connectivity index (χ3n) is 6.94. The number of halogens is 1. The lowest BCUT2D eigenvalue weighted by Crippen LogP contribution is -2.40. The molecule has 0 aliphatic carbocycles. The van der Waals surface area contributed by atoms with Crippen molar-refractivity contribution >= 4 is 37.5 Å². The fourth-order valence-electron chi connectivity index (χ4n) is 4.91. The lowest BCUT2D eigenvalue weighted by atomic mass is 9.97. The zero-order valence-corrected chi connectivity index (χ0v) is 23.1. The number of nitrogens with one attached hydrogen (secondary N) is 1. The van der Waals surface area contributed by atoms with Crippen molar-refractivity contribution in [2.45, 2.75) is 44.0 Å². The van der Waals surface area contributed by atoms with Crippen molar-refractivity contribution in [2.24, 2.45) is 5.92 Å². The van der Waals surface area contributed by atoms with Gasteiger partial charge in [0.05, 0.1) is 17.4 Å². The van der Waals surface area contributed by atoms with Gasteiger partial charge in [0.15, 0.2) is 0 Å². The van der Waals surface area contributed by atoms with Gasteiger partial charge in [0.25, 0.3) is 0 Å². The molecule has 1 amide bonds. The molecule has 0 radical (unpaired) electrons. The van der Waals surface area contributed by atoms with Crippen LogP contribution in [-0.4, -0.2) is 59.8 Å². The van der Waals surface area contributed by atoms with E-state index in [1.165, 1.54) is 4.31 Å². The van der Waals surface area contributed by atoms with Gasteiger partial charge in [-0.3, -0.25) is 9.69 Å². The predicted octanol–water partition coefficient (Wildman–Crippen LogP) is 4.44. The van der Waals surface area contributed by atoms with Crippen LogP contribution in [-0.2, 0) is 21.4 Å². The Kier molecular flexibility index (Phi) is 7.75. The molecule has 3 aromatic rings. The molecule has 0 bridgehead atoms. The van der Waals surface area contributed by atoms with Gasteiger partial charge in [0, 0.05) is 35.4 Å². The molecule has 1 aromatic heterocycles. The highest BCUT2D eigenvalue weighted by Gasteiger charge is 2.30. The van der Waals surface area contributed by atoms with Crippen molar-refractivity contribution in [1.29, 1.82) is 0 Å². The summed E-state index contributed by atoms with van der Waals surface area (Å²) in [5.41, 5.74) is 2.05. The molecule has 0 spiro atoms. The Labute approximate surface area is 225 Å². The highest BCUT2D eigenvalue weighted by atomic mass is 79.9. The first-order valence-corrected chi connectivity index (χ1v) is 14.8. The third kappa shape index (κ3) is 5.95. The highest BCUT2D eigenvalue weighted by Crippen LogP contribution is 2.27. The standard InChI is InChI=1S/C26H30BrN5O4S/c1-18-6-11-22(15-23(18)37(34,35)32-13-2-3-14-32)28-26(33)20-5-4-12-31(16-20)17-24-29-25(30-36-24)19-7-9-21(27)10-8-19/h6-11,15,20H,2-5,12-14,16-17H2,1H3,(H,28,33). The maximum atomic E-state index is 13.1. The van der Waals surface area contributed by atoms with Gasteiger partial charge in [-0.1, -0.05) is 27.2 Å². The Morgan fingerprint density at radius 1 is 1.11 bits per heavy atom. The molecule has 196 valence electrons. The number of nitrogens with zero attached hydrogens (tertiary/aromatic N) is 4. The predicted molar refractivity (Wildman–Crippen MR) is 143 cm³/mol. The molecule has 2 aliphatic heterocycles. The molecule has 9 nitrogen and oxygen atoms in total. The van der Waals surface area contributed by atoms with Gasteiger partial charge in [-0.15, -0.1) is 0 Å². The van der Waals surface area contributed by atoms with Crippen molar-refractivity contribution in [3.63, 3.8) is 0 Å². The molecule has 5 rings (SSSR count). The van der Waals surface area contributed by atoms with Gasteiger partial charge in [-0.05, 0) is 81.1 Å². The van der Waals surface area contributed by atoms with E-state index in [0.717, 1.165) is 42.3 Å². The van der Waals surface area contributed by atoms with Crippen molar-refractivity contribution in [2.75, 3.05) is 31.5 Å². The minimum Gasteiger partial charge on any atom is -0.338 e. The number of carbonyl (C=O) groups excluding carboxylic acids is 1. The molecule has 1 atom stereocenters. The van der Waals surface area contributed by atoms with Gasteiger partial charge < -0.3 is 9.84 Å². The average Bonchev–Trinajstić information content (AvgIpc) is 3.59. The average molecular weight is 589 g/mol. The van der Waals surface area contributed by atoms with E-state index >= 15 is 0 Å². The second kappa shape index (κ2) is 11.0. The zero-order valence-electron chi connectivity index (χ0n) is 20.7. The monoisotopic (exact) mass is 587 g/mol. The number of rotatable bonds is 7. The summed E-state index contributed by atoms with van der Waals surface area (Å²) in [6, 6.07) is 12.8. The summed E-state index contributed by atoms with van der Waals surface area (Å²) in [6.45, 7) is 4.74. The molecule has 1 N–H and O–H groups in total. The van der Waals surface area contributed by atoms with Crippen molar-refractivity contribution in [1.82, 2.24) is 19.3 Å². The van der Waals surface area contributed by atoms with Crippen LogP contribution in [0.5, 0.6) is 0 Å². The van der Waals surface area contributed by atoms with E-state index in [-0.39, 0.29) is 16.7 Å². The van der Waals surface area contributed by atoms with Crippen molar-refractivity contribution < 1.29 is 17.7 Å². The smallest absolute Gasteiger partial charge is 0.243 e. The highest BCUT2D eigenvalue weighted by molar-refractivity contribution is 9.10. The number of sulfonamides is 1. The first-order valence-electron chi connectivity index (χ1n) is 12.5. The molecule has 2 saturated heterocycles. The fraction of sp³-hybridized carbons (Fsp3) is 0.423. The number of likely N-dealkylation sites (tertiary alicyclic amines) is 1.